The highest BCUT2D eigenvalue weighted by Gasteiger charge is 2.30. The topological polar surface area (TPSA) is 79.3 Å². The van der Waals surface area contributed by atoms with Gasteiger partial charge in [0.2, 0.25) is 5.91 Å². The molecule has 0 unspecified atom stereocenters. The smallest absolute Gasteiger partial charge is 0.313 e. The van der Waals surface area contributed by atoms with Crippen LogP contribution in [0.5, 0.6) is 0 Å². The molecule has 0 saturated carbocycles. The van der Waals surface area contributed by atoms with E-state index in [4.69, 9.17) is 0 Å². The van der Waals surface area contributed by atoms with E-state index in [2.05, 4.69) is 15.7 Å². The summed E-state index contributed by atoms with van der Waals surface area (Å²) in [6.45, 7) is 9.26. The summed E-state index contributed by atoms with van der Waals surface area (Å²) in [5, 5.41) is 9.67. The number of carbonyl (C=O) groups excluding carboxylic acids is 2. The number of aryl methyl sites for hydroxylation is 1. The van der Waals surface area contributed by atoms with E-state index in [9.17, 15) is 22.8 Å². The molecule has 0 bridgehead atoms. The van der Waals surface area contributed by atoms with Crippen LogP contribution < -0.4 is 10.6 Å². The van der Waals surface area contributed by atoms with Crippen LogP contribution in [0.2, 0.25) is 0 Å². The molecule has 0 aliphatic carbocycles. The zero-order chi connectivity index (χ0) is 23.6. The van der Waals surface area contributed by atoms with Gasteiger partial charge >= 0.3 is 12.2 Å². The van der Waals surface area contributed by atoms with E-state index in [0.29, 0.717) is 5.82 Å². The molecule has 0 saturated heterocycles. The van der Waals surface area contributed by atoms with E-state index in [1.165, 1.54) is 17.0 Å². The molecule has 0 fully saturated rings. The van der Waals surface area contributed by atoms with Crippen LogP contribution in [-0.4, -0.2) is 39.2 Å². The SMILES string of the molecule is CC(C)N(CC(=O)Nc1cc(C(C)(C)C)nn1C)C(=O)Nc1ccc(C(F)(F)F)cc1. The van der Waals surface area contributed by atoms with Crippen molar-refractivity contribution in [3.05, 3.63) is 41.6 Å². The Morgan fingerprint density at radius 2 is 1.68 bits per heavy atom. The molecule has 0 aliphatic rings. The molecule has 7 nitrogen and oxygen atoms in total. The fourth-order valence-corrected chi connectivity index (χ4v) is 2.71. The van der Waals surface area contributed by atoms with Crippen LogP contribution in [0.3, 0.4) is 0 Å². The maximum atomic E-state index is 12.7. The Labute approximate surface area is 179 Å². The summed E-state index contributed by atoms with van der Waals surface area (Å²) in [4.78, 5) is 26.5. The van der Waals surface area contributed by atoms with Gasteiger partial charge in [0.1, 0.15) is 12.4 Å². The minimum Gasteiger partial charge on any atom is -0.313 e. The first kappa shape index (κ1) is 24.2. The number of amides is 3. The molecule has 10 heteroatoms. The number of nitrogens with zero attached hydrogens (tertiary/aromatic N) is 3. The molecule has 2 N–H and O–H groups in total. The summed E-state index contributed by atoms with van der Waals surface area (Å²) in [6, 6.07) is 4.97. The van der Waals surface area contributed by atoms with E-state index in [1.54, 1.807) is 31.6 Å². The summed E-state index contributed by atoms with van der Waals surface area (Å²) >= 11 is 0. The molecular weight excluding hydrogens is 411 g/mol. The molecular formula is C21H28F3N5O2. The lowest BCUT2D eigenvalue weighted by Crippen LogP contribution is -2.44. The second-order valence-corrected chi connectivity index (χ2v) is 8.56. The summed E-state index contributed by atoms with van der Waals surface area (Å²) < 4.78 is 39.6. The van der Waals surface area contributed by atoms with E-state index < -0.39 is 23.7 Å². The average Bonchev–Trinajstić information content (AvgIpc) is 3.00. The summed E-state index contributed by atoms with van der Waals surface area (Å²) in [7, 11) is 1.71. The van der Waals surface area contributed by atoms with E-state index in [-0.39, 0.29) is 23.7 Å². The van der Waals surface area contributed by atoms with Crippen LogP contribution in [0.4, 0.5) is 29.5 Å². The minimum absolute atomic E-state index is 0.188. The Morgan fingerprint density at radius 3 is 2.13 bits per heavy atom. The number of carbonyl (C=O) groups is 2. The van der Waals surface area contributed by atoms with Gasteiger partial charge in [0.15, 0.2) is 0 Å². The van der Waals surface area contributed by atoms with Gasteiger partial charge in [0, 0.05) is 30.3 Å². The molecule has 0 radical (unpaired) electrons. The second-order valence-electron chi connectivity index (χ2n) is 8.56. The zero-order valence-electron chi connectivity index (χ0n) is 18.5. The Bertz CT molecular complexity index is 928. The standard InChI is InChI=1S/C21H28F3N5O2/c1-13(2)29(19(31)25-15-9-7-14(8-10-15)21(22,23)24)12-18(30)26-17-11-16(20(3,4)5)27-28(17)6/h7-11,13H,12H2,1-6H3,(H,25,31)(H,26,30). The van der Waals surface area contributed by atoms with Crippen molar-refractivity contribution < 1.29 is 22.8 Å². The van der Waals surface area contributed by atoms with Crippen molar-refractivity contribution in [3.63, 3.8) is 0 Å². The molecule has 31 heavy (non-hydrogen) atoms. The first-order chi connectivity index (χ1) is 14.2. The average molecular weight is 439 g/mol. The van der Waals surface area contributed by atoms with Crippen molar-refractivity contribution in [2.24, 2.45) is 7.05 Å². The third-order valence-electron chi connectivity index (χ3n) is 4.58. The maximum Gasteiger partial charge on any atom is 0.416 e. The van der Waals surface area contributed by atoms with Crippen LogP contribution >= 0.6 is 0 Å². The Morgan fingerprint density at radius 1 is 1.10 bits per heavy atom. The van der Waals surface area contributed by atoms with Gasteiger partial charge in [-0.05, 0) is 38.1 Å². The zero-order valence-corrected chi connectivity index (χ0v) is 18.5. The third-order valence-corrected chi connectivity index (χ3v) is 4.58. The fraction of sp³-hybridized carbons (Fsp3) is 0.476. The number of anilines is 2. The number of halogens is 3. The normalized spacial score (nSPS) is 12.1. The quantitative estimate of drug-likeness (QED) is 0.714. The number of nitrogens with one attached hydrogen (secondary N) is 2. The molecule has 1 heterocycles. The largest absolute Gasteiger partial charge is 0.416 e. The van der Waals surface area contributed by atoms with Crippen molar-refractivity contribution in [2.45, 2.75) is 52.3 Å². The van der Waals surface area contributed by atoms with E-state index >= 15 is 0 Å². The lowest BCUT2D eigenvalue weighted by atomic mass is 9.92. The Kier molecular flexibility index (Phi) is 7.03. The van der Waals surface area contributed by atoms with Gasteiger partial charge in [-0.15, -0.1) is 0 Å². The number of aromatic nitrogens is 2. The number of alkyl halides is 3. The molecule has 0 spiro atoms. The molecule has 0 atom stereocenters. The Hall–Kier alpha value is -3.04. The molecule has 2 aromatic rings. The van der Waals surface area contributed by atoms with Crippen LogP contribution in [0.25, 0.3) is 0 Å². The van der Waals surface area contributed by atoms with Crippen LogP contribution in [0.15, 0.2) is 30.3 Å². The second kappa shape index (κ2) is 8.99. The maximum absolute atomic E-state index is 12.7. The van der Waals surface area contributed by atoms with E-state index in [1.807, 2.05) is 20.8 Å². The first-order valence-corrected chi connectivity index (χ1v) is 9.77. The van der Waals surface area contributed by atoms with Crippen LogP contribution in [0.1, 0.15) is 45.9 Å². The lowest BCUT2D eigenvalue weighted by Gasteiger charge is -2.26. The predicted octanol–water partition coefficient (Wildman–Crippen LogP) is 4.62. The highest BCUT2D eigenvalue weighted by Crippen LogP contribution is 2.30. The molecule has 170 valence electrons. The van der Waals surface area contributed by atoms with Crippen molar-refractivity contribution >= 4 is 23.4 Å². The highest BCUT2D eigenvalue weighted by atomic mass is 19.4. The molecule has 0 aliphatic heterocycles. The highest BCUT2D eigenvalue weighted by molar-refractivity contribution is 5.96. The predicted molar refractivity (Wildman–Crippen MR) is 113 cm³/mol. The first-order valence-electron chi connectivity index (χ1n) is 9.77. The van der Waals surface area contributed by atoms with Crippen LogP contribution in [-0.2, 0) is 23.4 Å². The van der Waals surface area contributed by atoms with Gasteiger partial charge in [0.05, 0.1) is 11.3 Å². The third kappa shape index (κ3) is 6.47. The lowest BCUT2D eigenvalue weighted by molar-refractivity contribution is -0.137. The Balaban J connectivity index is 2.06. The van der Waals surface area contributed by atoms with Gasteiger partial charge in [-0.25, -0.2) is 4.79 Å². The molecule has 3 amide bonds. The van der Waals surface area contributed by atoms with Crippen molar-refractivity contribution in [1.29, 1.82) is 0 Å². The van der Waals surface area contributed by atoms with Crippen LogP contribution in [0, 0.1) is 0 Å². The van der Waals surface area contributed by atoms with Crippen molar-refractivity contribution in [3.8, 4) is 0 Å². The number of rotatable bonds is 5. The monoisotopic (exact) mass is 439 g/mol. The summed E-state index contributed by atoms with van der Waals surface area (Å²) in [5.74, 6) is 0.0847. The molecule has 1 aromatic heterocycles. The number of hydrogen-bond donors (Lipinski definition) is 2. The minimum atomic E-state index is -4.46. The van der Waals surface area contributed by atoms with Gasteiger partial charge in [-0.3, -0.25) is 9.48 Å². The van der Waals surface area contributed by atoms with Gasteiger partial charge < -0.3 is 15.5 Å². The summed E-state index contributed by atoms with van der Waals surface area (Å²) in [5.41, 5.74) is 0.0136. The van der Waals surface area contributed by atoms with E-state index in [0.717, 1.165) is 17.8 Å². The summed E-state index contributed by atoms with van der Waals surface area (Å²) in [6.07, 6.45) is -4.46. The fourth-order valence-electron chi connectivity index (χ4n) is 2.71. The van der Waals surface area contributed by atoms with Crippen molar-refractivity contribution in [2.75, 3.05) is 17.2 Å². The van der Waals surface area contributed by atoms with Gasteiger partial charge in [-0.2, -0.15) is 18.3 Å². The molecule has 2 rings (SSSR count). The number of urea groups is 1. The molecule has 1 aromatic carbocycles. The number of benzene rings is 1. The van der Waals surface area contributed by atoms with Crippen molar-refractivity contribution in [1.82, 2.24) is 14.7 Å². The van der Waals surface area contributed by atoms with Gasteiger partial charge in [-0.1, -0.05) is 20.8 Å². The van der Waals surface area contributed by atoms with Gasteiger partial charge in [0.25, 0.3) is 0 Å². The number of hydrogen-bond acceptors (Lipinski definition) is 3.